The number of amides is 1. The quantitative estimate of drug-likeness (QED) is 0.845. The van der Waals surface area contributed by atoms with E-state index in [4.69, 9.17) is 4.74 Å². The molecule has 0 bridgehead atoms. The Morgan fingerprint density at radius 1 is 1.31 bits per heavy atom. The minimum Gasteiger partial charge on any atom is -0.381 e. The Morgan fingerprint density at radius 3 is 2.65 bits per heavy atom. The minimum absolute atomic E-state index is 0.0175. The van der Waals surface area contributed by atoms with Crippen molar-refractivity contribution in [2.75, 3.05) is 32.8 Å². The SMILES string of the molecule is CCC(C)n1ncc(C(=O)NCC2CCN(C3CCOCC3)CC2)c1C. The predicted molar refractivity (Wildman–Crippen MR) is 102 cm³/mol. The van der Waals surface area contributed by atoms with Gasteiger partial charge in [0.05, 0.1) is 11.8 Å². The first-order valence-electron chi connectivity index (χ1n) is 10.2. The summed E-state index contributed by atoms with van der Waals surface area (Å²) in [5.74, 6) is 0.601. The Kier molecular flexibility index (Phi) is 6.70. The molecular weight excluding hydrogens is 328 g/mol. The summed E-state index contributed by atoms with van der Waals surface area (Å²) >= 11 is 0. The molecule has 0 saturated carbocycles. The molecular formula is C20H34N4O2. The number of aromatic nitrogens is 2. The van der Waals surface area contributed by atoms with Crippen LogP contribution in [0.2, 0.25) is 0 Å². The number of piperidine rings is 1. The summed E-state index contributed by atoms with van der Waals surface area (Å²) < 4.78 is 7.43. The van der Waals surface area contributed by atoms with Gasteiger partial charge in [-0.2, -0.15) is 5.10 Å². The van der Waals surface area contributed by atoms with Gasteiger partial charge in [-0.05, 0) is 65.0 Å². The zero-order chi connectivity index (χ0) is 18.5. The van der Waals surface area contributed by atoms with Crippen molar-refractivity contribution in [1.82, 2.24) is 20.0 Å². The highest BCUT2D eigenvalue weighted by atomic mass is 16.5. The number of likely N-dealkylation sites (tertiary alicyclic amines) is 1. The predicted octanol–water partition coefficient (Wildman–Crippen LogP) is 2.78. The van der Waals surface area contributed by atoms with Gasteiger partial charge in [-0.25, -0.2) is 0 Å². The number of ether oxygens (including phenoxy) is 1. The van der Waals surface area contributed by atoms with E-state index in [1.807, 2.05) is 11.6 Å². The third-order valence-corrected chi connectivity index (χ3v) is 6.21. The van der Waals surface area contributed by atoms with E-state index >= 15 is 0 Å². The molecule has 1 aromatic heterocycles. The summed E-state index contributed by atoms with van der Waals surface area (Å²) in [6.07, 6.45) is 7.40. The van der Waals surface area contributed by atoms with Gasteiger partial charge >= 0.3 is 0 Å². The van der Waals surface area contributed by atoms with Crippen LogP contribution in [0, 0.1) is 12.8 Å². The number of hydrogen-bond donors (Lipinski definition) is 1. The van der Waals surface area contributed by atoms with Crippen LogP contribution in [0.25, 0.3) is 0 Å². The van der Waals surface area contributed by atoms with Crippen LogP contribution < -0.4 is 5.32 Å². The number of nitrogens with zero attached hydrogens (tertiary/aromatic N) is 3. The molecule has 1 unspecified atom stereocenters. The van der Waals surface area contributed by atoms with Gasteiger partial charge in [0, 0.05) is 37.5 Å². The number of carbonyl (C=O) groups excluding carboxylic acids is 1. The molecule has 6 heteroatoms. The number of carbonyl (C=O) groups is 1. The molecule has 146 valence electrons. The first kappa shape index (κ1) is 19.4. The third kappa shape index (κ3) is 4.46. The fourth-order valence-electron chi connectivity index (χ4n) is 4.17. The maximum absolute atomic E-state index is 12.6. The van der Waals surface area contributed by atoms with E-state index in [9.17, 15) is 4.79 Å². The zero-order valence-corrected chi connectivity index (χ0v) is 16.5. The molecule has 1 amide bonds. The fourth-order valence-corrected chi connectivity index (χ4v) is 4.17. The molecule has 2 fully saturated rings. The van der Waals surface area contributed by atoms with Crippen LogP contribution in [-0.2, 0) is 4.74 Å². The maximum Gasteiger partial charge on any atom is 0.254 e. The highest BCUT2D eigenvalue weighted by Crippen LogP contribution is 2.23. The summed E-state index contributed by atoms with van der Waals surface area (Å²) in [6, 6.07) is 1.03. The van der Waals surface area contributed by atoms with Gasteiger partial charge in [-0.15, -0.1) is 0 Å². The molecule has 0 aliphatic carbocycles. The van der Waals surface area contributed by atoms with Crippen LogP contribution in [0.3, 0.4) is 0 Å². The van der Waals surface area contributed by atoms with Crippen LogP contribution in [0.15, 0.2) is 6.20 Å². The highest BCUT2D eigenvalue weighted by molar-refractivity contribution is 5.95. The van der Waals surface area contributed by atoms with Gasteiger partial charge in [-0.1, -0.05) is 6.92 Å². The van der Waals surface area contributed by atoms with E-state index in [0.29, 0.717) is 23.6 Å². The molecule has 3 rings (SSSR count). The molecule has 1 atom stereocenters. The third-order valence-electron chi connectivity index (χ3n) is 6.21. The monoisotopic (exact) mass is 362 g/mol. The van der Waals surface area contributed by atoms with Gasteiger partial charge in [0.1, 0.15) is 0 Å². The smallest absolute Gasteiger partial charge is 0.254 e. The fraction of sp³-hybridized carbons (Fsp3) is 0.800. The van der Waals surface area contributed by atoms with Crippen LogP contribution in [0.5, 0.6) is 0 Å². The second-order valence-corrected chi connectivity index (χ2v) is 7.88. The van der Waals surface area contributed by atoms with Crippen molar-refractivity contribution in [2.45, 2.75) is 65.0 Å². The van der Waals surface area contributed by atoms with Crippen molar-refractivity contribution < 1.29 is 9.53 Å². The Hall–Kier alpha value is -1.40. The molecule has 2 aliphatic heterocycles. The summed E-state index contributed by atoms with van der Waals surface area (Å²) in [7, 11) is 0. The summed E-state index contributed by atoms with van der Waals surface area (Å²) in [4.78, 5) is 15.2. The lowest BCUT2D eigenvalue weighted by molar-refractivity contribution is 0.0211. The molecule has 0 spiro atoms. The zero-order valence-electron chi connectivity index (χ0n) is 16.5. The number of nitrogens with one attached hydrogen (secondary N) is 1. The second kappa shape index (κ2) is 9.00. The van der Waals surface area contributed by atoms with Crippen molar-refractivity contribution in [3.63, 3.8) is 0 Å². The average Bonchev–Trinajstić information content (AvgIpc) is 3.08. The van der Waals surface area contributed by atoms with Gasteiger partial charge in [0.25, 0.3) is 5.91 Å². The van der Waals surface area contributed by atoms with Crippen molar-refractivity contribution in [3.05, 3.63) is 17.5 Å². The normalized spacial score (nSPS) is 21.7. The van der Waals surface area contributed by atoms with Crippen molar-refractivity contribution >= 4 is 5.91 Å². The topological polar surface area (TPSA) is 59.4 Å². The van der Waals surface area contributed by atoms with Crippen LogP contribution >= 0.6 is 0 Å². The highest BCUT2D eigenvalue weighted by Gasteiger charge is 2.27. The van der Waals surface area contributed by atoms with E-state index in [0.717, 1.165) is 45.0 Å². The molecule has 2 aliphatic rings. The van der Waals surface area contributed by atoms with Crippen molar-refractivity contribution in [2.24, 2.45) is 5.92 Å². The maximum atomic E-state index is 12.6. The van der Waals surface area contributed by atoms with E-state index in [1.54, 1.807) is 6.20 Å². The van der Waals surface area contributed by atoms with Crippen LogP contribution in [-0.4, -0.2) is 59.5 Å². The molecule has 6 nitrogen and oxygen atoms in total. The molecule has 1 aromatic rings. The average molecular weight is 363 g/mol. The first-order chi connectivity index (χ1) is 12.6. The second-order valence-electron chi connectivity index (χ2n) is 7.88. The molecule has 0 radical (unpaired) electrons. The summed E-state index contributed by atoms with van der Waals surface area (Å²) in [5.41, 5.74) is 1.68. The lowest BCUT2D eigenvalue weighted by Crippen LogP contribution is -2.45. The Morgan fingerprint density at radius 2 is 2.00 bits per heavy atom. The van der Waals surface area contributed by atoms with Crippen LogP contribution in [0.1, 0.15) is 68.0 Å². The molecule has 2 saturated heterocycles. The molecule has 1 N–H and O–H groups in total. The van der Waals surface area contributed by atoms with Crippen LogP contribution in [0.4, 0.5) is 0 Å². The Bertz CT molecular complexity index is 587. The van der Waals surface area contributed by atoms with Gasteiger partial charge in [0.2, 0.25) is 0 Å². The number of rotatable bonds is 6. The largest absolute Gasteiger partial charge is 0.381 e. The molecule has 0 aromatic carbocycles. The first-order valence-corrected chi connectivity index (χ1v) is 10.2. The molecule has 3 heterocycles. The lowest BCUT2D eigenvalue weighted by atomic mass is 9.94. The van der Waals surface area contributed by atoms with Gasteiger partial charge in [-0.3, -0.25) is 9.48 Å². The number of hydrogen-bond acceptors (Lipinski definition) is 4. The Labute approximate surface area is 157 Å². The standard InChI is InChI=1S/C20H34N4O2/c1-4-15(2)24-16(3)19(14-22-24)20(25)21-13-17-5-9-23(10-6-17)18-7-11-26-12-8-18/h14-15,17-18H,4-13H2,1-3H3,(H,21,25). The van der Waals surface area contributed by atoms with E-state index in [2.05, 4.69) is 29.2 Å². The van der Waals surface area contributed by atoms with E-state index < -0.39 is 0 Å². The molecule has 26 heavy (non-hydrogen) atoms. The van der Waals surface area contributed by atoms with Gasteiger partial charge in [0.15, 0.2) is 0 Å². The Balaban J connectivity index is 1.45. The summed E-state index contributed by atoms with van der Waals surface area (Å²) in [5, 5.41) is 7.55. The van der Waals surface area contributed by atoms with Crippen molar-refractivity contribution in [1.29, 1.82) is 0 Å². The van der Waals surface area contributed by atoms with E-state index in [-0.39, 0.29) is 5.91 Å². The summed E-state index contributed by atoms with van der Waals surface area (Å²) in [6.45, 7) is 11.1. The van der Waals surface area contributed by atoms with Crippen molar-refractivity contribution in [3.8, 4) is 0 Å². The van der Waals surface area contributed by atoms with Gasteiger partial charge < -0.3 is 15.0 Å². The lowest BCUT2D eigenvalue weighted by Gasteiger charge is -2.39. The van der Waals surface area contributed by atoms with E-state index in [1.165, 1.54) is 25.7 Å². The minimum atomic E-state index is 0.0175.